The minimum Gasteiger partial charge on any atom is -0.300 e. The first-order valence-electron chi connectivity index (χ1n) is 4.46. The number of aromatic nitrogens is 1. The van der Waals surface area contributed by atoms with Crippen LogP contribution in [0.3, 0.4) is 0 Å². The van der Waals surface area contributed by atoms with Gasteiger partial charge in [0.25, 0.3) is 0 Å². The number of hydrogen-bond donors (Lipinski definition) is 0. The van der Waals surface area contributed by atoms with Gasteiger partial charge in [0.2, 0.25) is 0 Å². The number of carbonyl (C=O) groups excluding carboxylic acids is 1. The number of benzene rings is 1. The molecule has 0 atom stereocenters. The maximum atomic E-state index is 9.44. The Morgan fingerprint density at radius 1 is 1.07 bits per heavy atom. The van der Waals surface area contributed by atoms with Gasteiger partial charge >= 0.3 is 0 Å². The SMILES string of the molecule is CC(C)=O.c1ccc2cnccc2c1. The first-order valence-corrected chi connectivity index (χ1v) is 4.46. The molecule has 0 N–H and O–H groups in total. The van der Waals surface area contributed by atoms with Gasteiger partial charge in [0.1, 0.15) is 5.78 Å². The number of fused-ring (bicyclic) bond motifs is 1. The Kier molecular flexibility index (Phi) is 3.80. The van der Waals surface area contributed by atoms with E-state index in [4.69, 9.17) is 0 Å². The second-order valence-corrected chi connectivity index (χ2v) is 3.13. The average Bonchev–Trinajstić information content (AvgIpc) is 2.17. The summed E-state index contributed by atoms with van der Waals surface area (Å²) < 4.78 is 0. The van der Waals surface area contributed by atoms with Crippen molar-refractivity contribution >= 4 is 16.6 Å². The van der Waals surface area contributed by atoms with E-state index >= 15 is 0 Å². The Balaban J connectivity index is 0.000000213. The zero-order valence-corrected chi connectivity index (χ0v) is 8.40. The van der Waals surface area contributed by atoms with E-state index in [9.17, 15) is 4.79 Å². The summed E-state index contributed by atoms with van der Waals surface area (Å²) in [6.07, 6.45) is 3.68. The quantitative estimate of drug-likeness (QED) is 0.634. The molecule has 0 saturated heterocycles. The van der Waals surface area contributed by atoms with E-state index in [0.717, 1.165) is 0 Å². The topological polar surface area (TPSA) is 30.0 Å². The van der Waals surface area contributed by atoms with Crippen LogP contribution in [0.4, 0.5) is 0 Å². The van der Waals surface area contributed by atoms with Crippen LogP contribution in [-0.4, -0.2) is 10.8 Å². The third-order valence-electron chi connectivity index (χ3n) is 1.55. The van der Waals surface area contributed by atoms with E-state index in [0.29, 0.717) is 0 Å². The molecule has 14 heavy (non-hydrogen) atoms. The molecule has 0 radical (unpaired) electrons. The second kappa shape index (κ2) is 5.12. The van der Waals surface area contributed by atoms with Crippen LogP contribution in [-0.2, 0) is 4.79 Å². The van der Waals surface area contributed by atoms with Crippen molar-refractivity contribution in [2.24, 2.45) is 0 Å². The van der Waals surface area contributed by atoms with Gasteiger partial charge in [-0.05, 0) is 30.7 Å². The number of Topliss-reactive ketones (excluding diaryl/α,β-unsaturated/α-hetero) is 1. The average molecular weight is 187 g/mol. The molecule has 0 fully saturated rings. The van der Waals surface area contributed by atoms with Crippen LogP contribution in [0.2, 0.25) is 0 Å². The fraction of sp³-hybridized carbons (Fsp3) is 0.167. The van der Waals surface area contributed by atoms with Crippen molar-refractivity contribution in [2.75, 3.05) is 0 Å². The van der Waals surface area contributed by atoms with Gasteiger partial charge in [0.05, 0.1) is 0 Å². The lowest BCUT2D eigenvalue weighted by Gasteiger charge is -1.91. The van der Waals surface area contributed by atoms with E-state index in [1.165, 1.54) is 24.6 Å². The molecule has 0 spiro atoms. The van der Waals surface area contributed by atoms with Crippen LogP contribution in [0.5, 0.6) is 0 Å². The minimum absolute atomic E-state index is 0.167. The lowest BCUT2D eigenvalue weighted by molar-refractivity contribution is -0.114. The lowest BCUT2D eigenvalue weighted by Crippen LogP contribution is -1.71. The predicted octanol–water partition coefficient (Wildman–Crippen LogP) is 2.83. The third kappa shape index (κ3) is 3.35. The lowest BCUT2D eigenvalue weighted by atomic mass is 10.2. The van der Waals surface area contributed by atoms with E-state index in [-0.39, 0.29) is 5.78 Å². The molecule has 2 rings (SSSR count). The van der Waals surface area contributed by atoms with Gasteiger partial charge in [-0.1, -0.05) is 24.3 Å². The van der Waals surface area contributed by atoms with Crippen LogP contribution in [0.15, 0.2) is 42.7 Å². The molecular formula is C12H13NO. The number of hydrogen-bond acceptors (Lipinski definition) is 2. The van der Waals surface area contributed by atoms with Crippen LogP contribution in [0.25, 0.3) is 10.8 Å². The van der Waals surface area contributed by atoms with Gasteiger partial charge in [-0.3, -0.25) is 4.98 Å². The van der Waals surface area contributed by atoms with Crippen molar-refractivity contribution in [1.82, 2.24) is 4.98 Å². The summed E-state index contributed by atoms with van der Waals surface area (Å²) >= 11 is 0. The van der Waals surface area contributed by atoms with Gasteiger partial charge in [-0.25, -0.2) is 0 Å². The Morgan fingerprint density at radius 2 is 1.64 bits per heavy atom. The molecule has 1 aromatic carbocycles. The molecule has 0 aliphatic rings. The number of rotatable bonds is 0. The number of pyridine rings is 1. The summed E-state index contributed by atoms with van der Waals surface area (Å²) in [7, 11) is 0. The molecule has 1 heterocycles. The van der Waals surface area contributed by atoms with Crippen molar-refractivity contribution in [1.29, 1.82) is 0 Å². The summed E-state index contributed by atoms with van der Waals surface area (Å²) in [6.45, 7) is 3.06. The summed E-state index contributed by atoms with van der Waals surface area (Å²) in [5.41, 5.74) is 0. The van der Waals surface area contributed by atoms with Crippen molar-refractivity contribution < 1.29 is 4.79 Å². The Morgan fingerprint density at radius 3 is 2.21 bits per heavy atom. The number of ketones is 1. The van der Waals surface area contributed by atoms with Crippen molar-refractivity contribution in [2.45, 2.75) is 13.8 Å². The van der Waals surface area contributed by atoms with E-state index in [1.807, 2.05) is 30.6 Å². The third-order valence-corrected chi connectivity index (χ3v) is 1.55. The highest BCUT2D eigenvalue weighted by Crippen LogP contribution is 2.09. The smallest absolute Gasteiger partial charge is 0.126 e. The molecule has 72 valence electrons. The molecule has 0 unspecified atom stereocenters. The monoisotopic (exact) mass is 187 g/mol. The molecule has 0 bridgehead atoms. The molecule has 1 aromatic heterocycles. The second-order valence-electron chi connectivity index (χ2n) is 3.13. The Bertz CT molecular complexity index is 354. The van der Waals surface area contributed by atoms with Gasteiger partial charge in [0.15, 0.2) is 0 Å². The fourth-order valence-electron chi connectivity index (χ4n) is 1.03. The van der Waals surface area contributed by atoms with Crippen molar-refractivity contribution in [3.63, 3.8) is 0 Å². The highest BCUT2D eigenvalue weighted by molar-refractivity contribution is 5.80. The number of nitrogens with zero attached hydrogens (tertiary/aromatic N) is 1. The van der Waals surface area contributed by atoms with Crippen LogP contribution >= 0.6 is 0 Å². The maximum Gasteiger partial charge on any atom is 0.126 e. The predicted molar refractivity (Wildman–Crippen MR) is 58.1 cm³/mol. The van der Waals surface area contributed by atoms with Crippen molar-refractivity contribution in [3.8, 4) is 0 Å². The van der Waals surface area contributed by atoms with E-state index in [2.05, 4.69) is 17.1 Å². The molecule has 0 saturated carbocycles. The molecular weight excluding hydrogens is 174 g/mol. The van der Waals surface area contributed by atoms with Crippen LogP contribution in [0.1, 0.15) is 13.8 Å². The van der Waals surface area contributed by atoms with Gasteiger partial charge < -0.3 is 4.79 Å². The standard InChI is InChI=1S/C9H7N.C3H6O/c1-2-4-9-7-10-6-5-8(9)3-1;1-3(2)4/h1-7H;1-2H3. The van der Waals surface area contributed by atoms with Gasteiger partial charge in [-0.15, -0.1) is 0 Å². The highest BCUT2D eigenvalue weighted by atomic mass is 16.1. The van der Waals surface area contributed by atoms with E-state index in [1.54, 1.807) is 0 Å². The summed E-state index contributed by atoms with van der Waals surface area (Å²) in [4.78, 5) is 13.5. The number of carbonyl (C=O) groups is 1. The Labute approximate surface area is 83.6 Å². The zero-order valence-electron chi connectivity index (χ0n) is 8.40. The maximum absolute atomic E-state index is 9.44. The molecule has 0 aliphatic carbocycles. The molecule has 2 nitrogen and oxygen atoms in total. The Hall–Kier alpha value is -1.70. The normalized spacial score (nSPS) is 9.00. The highest BCUT2D eigenvalue weighted by Gasteiger charge is 1.86. The largest absolute Gasteiger partial charge is 0.300 e. The van der Waals surface area contributed by atoms with Crippen LogP contribution in [0, 0.1) is 0 Å². The first kappa shape index (κ1) is 10.4. The van der Waals surface area contributed by atoms with E-state index < -0.39 is 0 Å². The molecule has 2 aromatic rings. The summed E-state index contributed by atoms with van der Waals surface area (Å²) in [5, 5.41) is 2.45. The van der Waals surface area contributed by atoms with Crippen molar-refractivity contribution in [3.05, 3.63) is 42.7 Å². The van der Waals surface area contributed by atoms with Gasteiger partial charge in [0, 0.05) is 12.4 Å². The zero-order chi connectivity index (χ0) is 10.4. The first-order chi connectivity index (χ1) is 6.70. The van der Waals surface area contributed by atoms with Gasteiger partial charge in [-0.2, -0.15) is 0 Å². The summed E-state index contributed by atoms with van der Waals surface area (Å²) in [6, 6.07) is 10.2. The fourth-order valence-corrected chi connectivity index (χ4v) is 1.03. The summed E-state index contributed by atoms with van der Waals surface area (Å²) in [5.74, 6) is 0.167. The molecule has 2 heteroatoms. The van der Waals surface area contributed by atoms with Crippen LogP contribution < -0.4 is 0 Å². The molecule has 0 aliphatic heterocycles. The minimum atomic E-state index is 0.167. The molecule has 0 amide bonds.